The zero-order valence-corrected chi connectivity index (χ0v) is 10.4. The molecule has 0 amide bonds. The number of aromatic nitrogens is 3. The Kier molecular flexibility index (Phi) is 2.76. The monoisotopic (exact) mass is 251 g/mol. The van der Waals surface area contributed by atoms with E-state index < -0.39 is 0 Å². The zero-order chi connectivity index (χ0) is 11.8. The van der Waals surface area contributed by atoms with Crippen LogP contribution in [0.2, 0.25) is 5.15 Å². The van der Waals surface area contributed by atoms with Crippen LogP contribution >= 0.6 is 11.6 Å². The van der Waals surface area contributed by atoms with Gasteiger partial charge in [-0.05, 0) is 32.3 Å². The molecule has 0 aromatic carbocycles. The van der Waals surface area contributed by atoms with Gasteiger partial charge < -0.3 is 4.74 Å². The molecule has 1 atom stereocenters. The average molecular weight is 252 g/mol. The lowest BCUT2D eigenvalue weighted by Crippen LogP contribution is -2.19. The van der Waals surface area contributed by atoms with Gasteiger partial charge in [0, 0.05) is 12.3 Å². The second-order valence-corrected chi connectivity index (χ2v) is 4.76. The number of fused-ring (bicyclic) bond motifs is 1. The molecule has 0 saturated carbocycles. The van der Waals surface area contributed by atoms with Crippen LogP contribution in [-0.4, -0.2) is 21.4 Å². The fourth-order valence-corrected chi connectivity index (χ4v) is 2.54. The molecule has 0 aliphatic carbocycles. The van der Waals surface area contributed by atoms with Crippen molar-refractivity contribution in [1.82, 2.24) is 14.8 Å². The summed E-state index contributed by atoms with van der Waals surface area (Å²) in [7, 11) is 0. The lowest BCUT2D eigenvalue weighted by Gasteiger charge is -2.23. The fourth-order valence-electron chi connectivity index (χ4n) is 2.27. The molecule has 2 aromatic heterocycles. The number of nitrogens with zero attached hydrogens (tertiary/aromatic N) is 3. The number of halogens is 1. The molecule has 0 unspecified atom stereocenters. The van der Waals surface area contributed by atoms with E-state index in [1.807, 2.05) is 17.7 Å². The highest BCUT2D eigenvalue weighted by atomic mass is 35.5. The minimum absolute atomic E-state index is 0.0408. The molecule has 90 valence electrons. The first-order valence-electron chi connectivity index (χ1n) is 5.87. The number of aryl methyl sites for hydroxylation is 1. The van der Waals surface area contributed by atoms with Crippen molar-refractivity contribution in [2.75, 3.05) is 6.61 Å². The zero-order valence-electron chi connectivity index (χ0n) is 9.69. The molecule has 5 heteroatoms. The van der Waals surface area contributed by atoms with E-state index >= 15 is 0 Å². The van der Waals surface area contributed by atoms with E-state index in [2.05, 4.69) is 10.1 Å². The normalized spacial score (nSPS) is 20.9. The summed E-state index contributed by atoms with van der Waals surface area (Å²) in [6.45, 7) is 2.74. The largest absolute Gasteiger partial charge is 0.356 e. The van der Waals surface area contributed by atoms with E-state index in [4.69, 9.17) is 16.3 Å². The molecule has 0 bridgehead atoms. The summed E-state index contributed by atoms with van der Waals surface area (Å²) in [5.74, 6) is 0. The van der Waals surface area contributed by atoms with Crippen molar-refractivity contribution in [2.45, 2.75) is 32.4 Å². The van der Waals surface area contributed by atoms with Crippen LogP contribution in [0.1, 0.15) is 31.2 Å². The van der Waals surface area contributed by atoms with E-state index in [9.17, 15) is 0 Å². The lowest BCUT2D eigenvalue weighted by atomic mass is 10.2. The molecule has 2 aromatic rings. The summed E-state index contributed by atoms with van der Waals surface area (Å²) in [5, 5.41) is 5.80. The molecular formula is C12H14ClN3O. The molecule has 3 rings (SSSR count). The number of hydrogen-bond donors (Lipinski definition) is 0. The Balaban J connectivity index is 2.10. The molecular weight excluding hydrogens is 238 g/mol. The Bertz CT molecular complexity index is 546. The third-order valence-electron chi connectivity index (χ3n) is 3.10. The third-order valence-corrected chi connectivity index (χ3v) is 3.39. The first-order valence-corrected chi connectivity index (χ1v) is 6.25. The van der Waals surface area contributed by atoms with Gasteiger partial charge >= 0.3 is 0 Å². The molecule has 0 N–H and O–H groups in total. The fraction of sp³-hybridized carbons (Fsp3) is 0.500. The van der Waals surface area contributed by atoms with Crippen molar-refractivity contribution in [3.63, 3.8) is 0 Å². The lowest BCUT2D eigenvalue weighted by molar-refractivity contribution is -0.0366. The Hall–Kier alpha value is -1.13. The first kappa shape index (κ1) is 11.0. The molecule has 3 heterocycles. The summed E-state index contributed by atoms with van der Waals surface area (Å²) in [6, 6.07) is 2.01. The van der Waals surface area contributed by atoms with E-state index in [0.717, 1.165) is 36.0 Å². The van der Waals surface area contributed by atoms with E-state index in [1.54, 1.807) is 6.20 Å². The van der Waals surface area contributed by atoms with Crippen molar-refractivity contribution in [1.29, 1.82) is 0 Å². The Morgan fingerprint density at radius 1 is 1.47 bits per heavy atom. The highest BCUT2D eigenvalue weighted by Crippen LogP contribution is 2.28. The molecule has 1 aliphatic heterocycles. The van der Waals surface area contributed by atoms with Gasteiger partial charge in [0.15, 0.2) is 6.23 Å². The van der Waals surface area contributed by atoms with Crippen LogP contribution in [-0.2, 0) is 4.74 Å². The second-order valence-electron chi connectivity index (χ2n) is 4.40. The van der Waals surface area contributed by atoms with Crippen molar-refractivity contribution < 1.29 is 4.74 Å². The van der Waals surface area contributed by atoms with Crippen molar-refractivity contribution in [2.24, 2.45) is 0 Å². The topological polar surface area (TPSA) is 39.9 Å². The van der Waals surface area contributed by atoms with Crippen molar-refractivity contribution >= 4 is 22.5 Å². The quantitative estimate of drug-likeness (QED) is 0.732. The van der Waals surface area contributed by atoms with Crippen LogP contribution in [0.15, 0.2) is 12.3 Å². The van der Waals surface area contributed by atoms with Gasteiger partial charge in [0.1, 0.15) is 5.15 Å². The molecule has 1 saturated heterocycles. The van der Waals surface area contributed by atoms with Gasteiger partial charge in [0.2, 0.25) is 0 Å². The number of rotatable bonds is 1. The average Bonchev–Trinajstić information content (AvgIpc) is 2.74. The van der Waals surface area contributed by atoms with Gasteiger partial charge in [-0.2, -0.15) is 5.10 Å². The third kappa shape index (κ3) is 1.91. The standard InChI is InChI=1S/C12H14ClN3O/c1-8-6-10-9(12(13)15-8)7-14-16(10)11-4-2-3-5-17-11/h6-7,11H,2-5H2,1H3/t11-/m0/s1. The van der Waals surface area contributed by atoms with Gasteiger partial charge in [0.05, 0.1) is 17.1 Å². The van der Waals surface area contributed by atoms with Crippen molar-refractivity contribution in [3.8, 4) is 0 Å². The van der Waals surface area contributed by atoms with Gasteiger partial charge in [-0.25, -0.2) is 9.67 Å². The van der Waals surface area contributed by atoms with Crippen molar-refractivity contribution in [3.05, 3.63) is 23.1 Å². The molecule has 1 fully saturated rings. The summed E-state index contributed by atoms with van der Waals surface area (Å²) >= 11 is 6.11. The second kappa shape index (κ2) is 4.27. The SMILES string of the molecule is Cc1cc2c(cnn2[C@@H]2CCCCO2)c(Cl)n1. The van der Waals surface area contributed by atoms with E-state index in [1.165, 1.54) is 6.42 Å². The van der Waals surface area contributed by atoms with Gasteiger partial charge in [-0.15, -0.1) is 0 Å². The summed E-state index contributed by atoms with van der Waals surface area (Å²) < 4.78 is 7.67. The molecule has 0 spiro atoms. The van der Waals surface area contributed by atoms with E-state index in [-0.39, 0.29) is 6.23 Å². The van der Waals surface area contributed by atoms with Crippen LogP contribution in [0.5, 0.6) is 0 Å². The maximum Gasteiger partial charge on any atom is 0.150 e. The Morgan fingerprint density at radius 3 is 3.12 bits per heavy atom. The summed E-state index contributed by atoms with van der Waals surface area (Å²) in [6.07, 6.45) is 5.14. The van der Waals surface area contributed by atoms with Crippen LogP contribution < -0.4 is 0 Å². The smallest absolute Gasteiger partial charge is 0.150 e. The van der Waals surface area contributed by atoms with Gasteiger partial charge in [0.25, 0.3) is 0 Å². The molecule has 17 heavy (non-hydrogen) atoms. The molecule has 1 aliphatic rings. The van der Waals surface area contributed by atoms with Crippen LogP contribution in [0.3, 0.4) is 0 Å². The maximum absolute atomic E-state index is 6.11. The van der Waals surface area contributed by atoms with Gasteiger partial charge in [-0.1, -0.05) is 11.6 Å². The van der Waals surface area contributed by atoms with Crippen LogP contribution in [0.4, 0.5) is 0 Å². The maximum atomic E-state index is 6.11. The number of hydrogen-bond acceptors (Lipinski definition) is 3. The Labute approximate surface area is 105 Å². The number of ether oxygens (including phenoxy) is 1. The highest BCUT2D eigenvalue weighted by Gasteiger charge is 2.19. The number of pyridine rings is 1. The summed E-state index contributed by atoms with van der Waals surface area (Å²) in [5.41, 5.74) is 1.91. The Morgan fingerprint density at radius 2 is 2.35 bits per heavy atom. The van der Waals surface area contributed by atoms with Gasteiger partial charge in [-0.3, -0.25) is 0 Å². The van der Waals surface area contributed by atoms with Crippen LogP contribution in [0, 0.1) is 6.92 Å². The minimum atomic E-state index is 0.0408. The predicted molar refractivity (Wildman–Crippen MR) is 66.1 cm³/mol. The van der Waals surface area contributed by atoms with E-state index in [0.29, 0.717) is 5.15 Å². The minimum Gasteiger partial charge on any atom is -0.356 e. The predicted octanol–water partition coefficient (Wildman–Crippen LogP) is 3.09. The van der Waals surface area contributed by atoms with Crippen LogP contribution in [0.25, 0.3) is 10.9 Å². The molecule has 0 radical (unpaired) electrons. The summed E-state index contributed by atoms with van der Waals surface area (Å²) in [4.78, 5) is 4.23. The molecule has 4 nitrogen and oxygen atoms in total. The highest BCUT2D eigenvalue weighted by molar-refractivity contribution is 6.34. The first-order chi connectivity index (χ1) is 8.25.